The molecule has 1 amide bonds. The highest BCUT2D eigenvalue weighted by Crippen LogP contribution is 2.27. The molecule has 1 aliphatic rings. The van der Waals surface area contributed by atoms with E-state index in [1.807, 2.05) is 11.8 Å². The fraction of sp³-hybridized carbons (Fsp3) is 0.571. The second-order valence-corrected chi connectivity index (χ2v) is 6.07. The number of pyridine rings is 1. The van der Waals surface area contributed by atoms with Gasteiger partial charge in [-0.05, 0) is 37.7 Å². The molecule has 0 spiro atoms. The second-order valence-electron chi connectivity index (χ2n) is 4.93. The number of rotatable bonds is 4. The van der Waals surface area contributed by atoms with Crippen LogP contribution in [0.2, 0.25) is 0 Å². The van der Waals surface area contributed by atoms with E-state index in [0.717, 1.165) is 18.5 Å². The van der Waals surface area contributed by atoms with Gasteiger partial charge in [-0.1, -0.05) is 6.42 Å². The summed E-state index contributed by atoms with van der Waals surface area (Å²) < 4.78 is 0. The van der Waals surface area contributed by atoms with Crippen molar-refractivity contribution in [1.29, 1.82) is 0 Å². The van der Waals surface area contributed by atoms with Crippen LogP contribution in [0.3, 0.4) is 0 Å². The fourth-order valence-electron chi connectivity index (χ4n) is 2.49. The second kappa shape index (κ2) is 6.91. The maximum Gasteiger partial charge on any atom is 0.251 e. The van der Waals surface area contributed by atoms with E-state index in [9.17, 15) is 4.79 Å². The van der Waals surface area contributed by atoms with Crippen molar-refractivity contribution < 1.29 is 4.79 Å². The Hall–Kier alpha value is -1.07. The Balaban J connectivity index is 1.96. The molecule has 1 heterocycles. The van der Waals surface area contributed by atoms with Gasteiger partial charge in [0.05, 0.1) is 5.69 Å². The number of nitrogens with one attached hydrogen (secondary N) is 1. The van der Waals surface area contributed by atoms with Crippen LogP contribution < -0.4 is 11.1 Å². The summed E-state index contributed by atoms with van der Waals surface area (Å²) >= 11 is 1.90. The Labute approximate surface area is 118 Å². The van der Waals surface area contributed by atoms with Gasteiger partial charge in [0.15, 0.2) is 0 Å². The van der Waals surface area contributed by atoms with E-state index < -0.39 is 0 Å². The Morgan fingerprint density at radius 1 is 1.58 bits per heavy atom. The van der Waals surface area contributed by atoms with Crippen LogP contribution >= 0.6 is 11.8 Å². The number of amides is 1. The Morgan fingerprint density at radius 3 is 3.16 bits per heavy atom. The molecule has 0 aromatic carbocycles. The normalized spacial score (nSPS) is 23.1. The zero-order valence-corrected chi connectivity index (χ0v) is 12.1. The lowest BCUT2D eigenvalue weighted by Crippen LogP contribution is -2.39. The summed E-state index contributed by atoms with van der Waals surface area (Å²) in [5.74, 6) is -0.0103. The van der Waals surface area contributed by atoms with Crippen LogP contribution in [0, 0.1) is 0 Å². The number of hydrogen-bond donors (Lipinski definition) is 2. The molecule has 4 nitrogen and oxygen atoms in total. The van der Waals surface area contributed by atoms with Crippen molar-refractivity contribution in [2.45, 2.75) is 43.5 Å². The van der Waals surface area contributed by atoms with Crippen LogP contribution in [-0.2, 0) is 6.54 Å². The molecule has 1 aromatic heterocycles. The van der Waals surface area contributed by atoms with E-state index in [0.29, 0.717) is 23.4 Å². The highest BCUT2D eigenvalue weighted by Gasteiger charge is 2.22. The third kappa shape index (κ3) is 3.94. The smallest absolute Gasteiger partial charge is 0.251 e. The van der Waals surface area contributed by atoms with Crippen LogP contribution in [0.25, 0.3) is 0 Å². The van der Waals surface area contributed by atoms with E-state index in [1.54, 1.807) is 18.3 Å². The molecule has 0 aliphatic heterocycles. The molecule has 1 aromatic rings. The molecule has 1 aliphatic carbocycles. The van der Waals surface area contributed by atoms with Crippen molar-refractivity contribution in [2.75, 3.05) is 6.26 Å². The Bertz CT molecular complexity index is 438. The summed E-state index contributed by atoms with van der Waals surface area (Å²) in [6.07, 6.45) is 8.40. The SMILES string of the molecule is CSC1CCCC(NC(=O)c2ccnc(CN)c2)C1. The first kappa shape index (κ1) is 14.3. The first-order chi connectivity index (χ1) is 9.22. The lowest BCUT2D eigenvalue weighted by molar-refractivity contribution is 0.0928. The molecule has 1 fully saturated rings. The molecule has 2 unspecified atom stereocenters. The molecule has 3 N–H and O–H groups in total. The summed E-state index contributed by atoms with van der Waals surface area (Å²) in [5, 5.41) is 3.81. The maximum absolute atomic E-state index is 12.2. The monoisotopic (exact) mass is 279 g/mol. The third-order valence-corrected chi connectivity index (χ3v) is 4.68. The molecule has 1 saturated carbocycles. The number of carbonyl (C=O) groups excluding carboxylic acids is 1. The van der Waals surface area contributed by atoms with E-state index in [1.165, 1.54) is 12.8 Å². The van der Waals surface area contributed by atoms with Crippen LogP contribution in [0.15, 0.2) is 18.3 Å². The van der Waals surface area contributed by atoms with Crippen LogP contribution in [0.5, 0.6) is 0 Å². The van der Waals surface area contributed by atoms with Gasteiger partial charge in [0.2, 0.25) is 0 Å². The zero-order chi connectivity index (χ0) is 13.7. The predicted molar refractivity (Wildman–Crippen MR) is 79.2 cm³/mol. The maximum atomic E-state index is 12.2. The van der Waals surface area contributed by atoms with Crippen molar-refractivity contribution in [3.05, 3.63) is 29.6 Å². The molecular formula is C14H21N3OS. The van der Waals surface area contributed by atoms with E-state index in [4.69, 9.17) is 5.73 Å². The summed E-state index contributed by atoms with van der Waals surface area (Å²) in [6.45, 7) is 0.360. The van der Waals surface area contributed by atoms with Gasteiger partial charge in [-0.3, -0.25) is 9.78 Å². The Kier molecular flexibility index (Phi) is 5.22. The standard InChI is InChI=1S/C14H21N3OS/c1-19-13-4-2-3-11(8-13)17-14(18)10-5-6-16-12(7-10)9-15/h5-7,11,13H,2-4,8-9,15H2,1H3,(H,17,18). The molecule has 0 bridgehead atoms. The fourth-order valence-corrected chi connectivity index (χ4v) is 3.32. The lowest BCUT2D eigenvalue weighted by Gasteiger charge is -2.28. The first-order valence-electron chi connectivity index (χ1n) is 6.71. The van der Waals surface area contributed by atoms with E-state index in [2.05, 4.69) is 16.6 Å². The highest BCUT2D eigenvalue weighted by molar-refractivity contribution is 7.99. The number of nitrogens with two attached hydrogens (primary N) is 1. The number of carbonyl (C=O) groups is 1. The predicted octanol–water partition coefficient (Wildman–Crippen LogP) is 1.94. The molecule has 2 rings (SSSR count). The largest absolute Gasteiger partial charge is 0.349 e. The van der Waals surface area contributed by atoms with Crippen molar-refractivity contribution in [3.8, 4) is 0 Å². The minimum Gasteiger partial charge on any atom is -0.349 e. The van der Waals surface area contributed by atoms with Crippen molar-refractivity contribution in [3.63, 3.8) is 0 Å². The molecule has 104 valence electrons. The quantitative estimate of drug-likeness (QED) is 0.884. The molecular weight excluding hydrogens is 258 g/mol. The highest BCUT2D eigenvalue weighted by atomic mass is 32.2. The Morgan fingerprint density at radius 2 is 2.42 bits per heavy atom. The number of thioether (sulfide) groups is 1. The van der Waals surface area contributed by atoms with Crippen LogP contribution in [-0.4, -0.2) is 28.4 Å². The summed E-state index contributed by atoms with van der Waals surface area (Å²) in [6, 6.07) is 3.81. The van der Waals surface area contributed by atoms with Crippen molar-refractivity contribution in [1.82, 2.24) is 10.3 Å². The summed E-state index contributed by atoms with van der Waals surface area (Å²) in [4.78, 5) is 16.3. The minimum absolute atomic E-state index is 0.0103. The average molecular weight is 279 g/mol. The van der Waals surface area contributed by atoms with E-state index in [-0.39, 0.29) is 5.91 Å². The van der Waals surface area contributed by atoms with Crippen molar-refractivity contribution >= 4 is 17.7 Å². The number of aromatic nitrogens is 1. The van der Waals surface area contributed by atoms with Gasteiger partial charge >= 0.3 is 0 Å². The van der Waals surface area contributed by atoms with Gasteiger partial charge in [0, 0.05) is 29.6 Å². The van der Waals surface area contributed by atoms with Gasteiger partial charge < -0.3 is 11.1 Å². The lowest BCUT2D eigenvalue weighted by atomic mass is 9.94. The number of nitrogens with zero attached hydrogens (tertiary/aromatic N) is 1. The molecule has 0 radical (unpaired) electrons. The molecule has 19 heavy (non-hydrogen) atoms. The van der Waals surface area contributed by atoms with Gasteiger partial charge in [0.1, 0.15) is 0 Å². The van der Waals surface area contributed by atoms with Gasteiger partial charge in [-0.2, -0.15) is 11.8 Å². The average Bonchev–Trinajstić information content (AvgIpc) is 2.47. The van der Waals surface area contributed by atoms with Gasteiger partial charge in [-0.15, -0.1) is 0 Å². The third-order valence-electron chi connectivity index (χ3n) is 3.58. The molecule has 2 atom stereocenters. The summed E-state index contributed by atoms with van der Waals surface area (Å²) in [5.41, 5.74) is 6.95. The van der Waals surface area contributed by atoms with Crippen molar-refractivity contribution in [2.24, 2.45) is 5.73 Å². The van der Waals surface area contributed by atoms with E-state index >= 15 is 0 Å². The zero-order valence-electron chi connectivity index (χ0n) is 11.3. The topological polar surface area (TPSA) is 68.0 Å². The first-order valence-corrected chi connectivity index (χ1v) is 8.00. The molecule has 5 heteroatoms. The summed E-state index contributed by atoms with van der Waals surface area (Å²) in [7, 11) is 0. The molecule has 0 saturated heterocycles. The van der Waals surface area contributed by atoms with Crippen LogP contribution in [0.1, 0.15) is 41.7 Å². The van der Waals surface area contributed by atoms with Gasteiger partial charge in [0.25, 0.3) is 5.91 Å². The minimum atomic E-state index is -0.0103. The van der Waals surface area contributed by atoms with Crippen LogP contribution in [0.4, 0.5) is 0 Å². The number of hydrogen-bond acceptors (Lipinski definition) is 4. The van der Waals surface area contributed by atoms with Gasteiger partial charge in [-0.25, -0.2) is 0 Å².